The van der Waals surface area contributed by atoms with E-state index in [0.29, 0.717) is 25.4 Å². The van der Waals surface area contributed by atoms with Crippen molar-refractivity contribution in [1.82, 2.24) is 9.62 Å². The number of aliphatic hydroxyl groups is 1. The monoisotopic (exact) mass is 250 g/mol. The van der Waals surface area contributed by atoms with Crippen LogP contribution in [-0.2, 0) is 10.0 Å². The highest BCUT2D eigenvalue weighted by molar-refractivity contribution is 7.89. The lowest BCUT2D eigenvalue weighted by Crippen LogP contribution is -2.45. The predicted molar refractivity (Wildman–Crippen MR) is 63.7 cm³/mol. The van der Waals surface area contributed by atoms with Crippen molar-refractivity contribution in [2.75, 3.05) is 25.9 Å². The van der Waals surface area contributed by atoms with E-state index >= 15 is 0 Å². The fourth-order valence-electron chi connectivity index (χ4n) is 1.76. The maximum Gasteiger partial charge on any atom is 0.214 e. The minimum atomic E-state index is -3.24. The summed E-state index contributed by atoms with van der Waals surface area (Å²) in [5.74, 6) is 0.527. The highest BCUT2D eigenvalue weighted by Crippen LogP contribution is 2.14. The molecule has 0 unspecified atom stereocenters. The van der Waals surface area contributed by atoms with Gasteiger partial charge in [-0.3, -0.25) is 0 Å². The van der Waals surface area contributed by atoms with Crippen LogP contribution in [0.25, 0.3) is 0 Å². The van der Waals surface area contributed by atoms with Crippen molar-refractivity contribution >= 4 is 10.0 Å². The summed E-state index contributed by atoms with van der Waals surface area (Å²) in [6, 6.07) is -0.322. The first-order valence-electron chi connectivity index (χ1n) is 5.69. The van der Waals surface area contributed by atoms with Crippen molar-refractivity contribution in [2.45, 2.75) is 32.4 Å². The van der Waals surface area contributed by atoms with Gasteiger partial charge in [0.25, 0.3) is 0 Å². The third kappa shape index (κ3) is 3.41. The number of sulfonamides is 1. The molecule has 96 valence electrons. The quantitative estimate of drug-likeness (QED) is 0.698. The second-order valence-electron chi connectivity index (χ2n) is 4.81. The van der Waals surface area contributed by atoms with E-state index in [0.717, 1.165) is 0 Å². The Labute approximate surface area is 97.9 Å². The van der Waals surface area contributed by atoms with Crippen molar-refractivity contribution in [1.29, 1.82) is 0 Å². The Kier molecular flexibility index (Phi) is 4.73. The first kappa shape index (κ1) is 13.9. The number of likely N-dealkylation sites (N-methyl/N-ethyl adjacent to an activating group) is 1. The van der Waals surface area contributed by atoms with Crippen molar-refractivity contribution in [3.63, 3.8) is 0 Å². The molecule has 0 aromatic heterocycles. The number of aliphatic hydroxyl groups excluding tert-OH is 1. The Hall–Kier alpha value is -0.170. The van der Waals surface area contributed by atoms with E-state index in [-0.39, 0.29) is 11.8 Å². The summed E-state index contributed by atoms with van der Waals surface area (Å²) >= 11 is 0. The average molecular weight is 250 g/mol. The highest BCUT2D eigenvalue weighted by atomic mass is 32.2. The van der Waals surface area contributed by atoms with Gasteiger partial charge in [0.05, 0.1) is 17.9 Å². The molecule has 1 saturated heterocycles. The number of hydrogen-bond acceptors (Lipinski definition) is 4. The van der Waals surface area contributed by atoms with Crippen LogP contribution in [0.2, 0.25) is 0 Å². The van der Waals surface area contributed by atoms with E-state index in [1.54, 1.807) is 7.05 Å². The molecule has 0 aliphatic carbocycles. The number of nitrogens with one attached hydrogen (secondary N) is 1. The van der Waals surface area contributed by atoms with Crippen molar-refractivity contribution in [3.05, 3.63) is 0 Å². The smallest absolute Gasteiger partial charge is 0.214 e. The topological polar surface area (TPSA) is 69.6 Å². The third-order valence-electron chi connectivity index (χ3n) is 3.01. The molecular weight excluding hydrogens is 228 g/mol. The summed E-state index contributed by atoms with van der Waals surface area (Å²) in [6.45, 7) is 5.00. The van der Waals surface area contributed by atoms with Crippen molar-refractivity contribution in [2.24, 2.45) is 5.92 Å². The van der Waals surface area contributed by atoms with Crippen molar-refractivity contribution in [3.8, 4) is 0 Å². The van der Waals surface area contributed by atoms with Crippen LogP contribution in [0, 0.1) is 5.92 Å². The minimum absolute atomic E-state index is 0.157. The molecule has 0 saturated carbocycles. The van der Waals surface area contributed by atoms with Gasteiger partial charge in [0, 0.05) is 20.1 Å². The molecule has 1 fully saturated rings. The summed E-state index contributed by atoms with van der Waals surface area (Å²) in [7, 11) is -1.69. The molecule has 5 nitrogen and oxygen atoms in total. The van der Waals surface area contributed by atoms with E-state index in [4.69, 9.17) is 0 Å². The standard InChI is InChI=1S/C10H22N2O3S/c1-8(2)4-5-16(14,15)12(3)9-6-11-7-10(9)13/h8-11,13H,4-7H2,1-3H3/t9-,10-/m1/s1. The lowest BCUT2D eigenvalue weighted by Gasteiger charge is -2.25. The van der Waals surface area contributed by atoms with E-state index in [1.807, 2.05) is 13.8 Å². The van der Waals surface area contributed by atoms with Gasteiger partial charge in [0.1, 0.15) is 0 Å². The molecule has 0 spiro atoms. The van der Waals surface area contributed by atoms with Crippen LogP contribution in [0.5, 0.6) is 0 Å². The molecule has 0 amide bonds. The fourth-order valence-corrected chi connectivity index (χ4v) is 3.44. The molecule has 0 aromatic carbocycles. The average Bonchev–Trinajstić information content (AvgIpc) is 2.60. The molecule has 2 N–H and O–H groups in total. The van der Waals surface area contributed by atoms with Gasteiger partial charge < -0.3 is 10.4 Å². The van der Waals surface area contributed by atoms with E-state index in [9.17, 15) is 13.5 Å². The zero-order chi connectivity index (χ0) is 12.3. The maximum absolute atomic E-state index is 12.0. The molecule has 1 rings (SSSR count). The van der Waals surface area contributed by atoms with E-state index < -0.39 is 16.1 Å². The molecule has 16 heavy (non-hydrogen) atoms. The zero-order valence-electron chi connectivity index (χ0n) is 10.2. The molecule has 2 atom stereocenters. The molecule has 6 heteroatoms. The normalized spacial score (nSPS) is 26.9. The van der Waals surface area contributed by atoms with Gasteiger partial charge in [-0.1, -0.05) is 13.8 Å². The van der Waals surface area contributed by atoms with Crippen LogP contribution >= 0.6 is 0 Å². The summed E-state index contributed by atoms with van der Waals surface area (Å²) in [5.41, 5.74) is 0. The lowest BCUT2D eigenvalue weighted by molar-refractivity contribution is 0.136. The number of nitrogens with zero attached hydrogens (tertiary/aromatic N) is 1. The van der Waals surface area contributed by atoms with Crippen LogP contribution in [0.15, 0.2) is 0 Å². The molecule has 0 radical (unpaired) electrons. The van der Waals surface area contributed by atoms with E-state index in [2.05, 4.69) is 5.32 Å². The largest absolute Gasteiger partial charge is 0.390 e. The van der Waals surface area contributed by atoms with Gasteiger partial charge in [-0.2, -0.15) is 4.31 Å². The van der Waals surface area contributed by atoms with Gasteiger partial charge in [-0.25, -0.2) is 8.42 Å². The molecule has 1 aliphatic heterocycles. The van der Waals surface area contributed by atoms with Gasteiger partial charge in [-0.05, 0) is 12.3 Å². The predicted octanol–water partition coefficient (Wildman–Crippen LogP) is -0.373. The lowest BCUT2D eigenvalue weighted by atomic mass is 10.2. The second-order valence-corrected chi connectivity index (χ2v) is 6.96. The number of rotatable bonds is 5. The van der Waals surface area contributed by atoms with Crippen LogP contribution in [0.4, 0.5) is 0 Å². The van der Waals surface area contributed by atoms with Crippen LogP contribution in [0.1, 0.15) is 20.3 Å². The number of hydrogen-bond donors (Lipinski definition) is 2. The Bertz CT molecular complexity index is 316. The molecule has 1 heterocycles. The summed E-state index contributed by atoms with van der Waals surface area (Å²) in [5, 5.41) is 12.6. The molecule has 1 aliphatic rings. The SMILES string of the molecule is CC(C)CCS(=O)(=O)N(C)[C@@H]1CNC[C@H]1O. The Morgan fingerprint density at radius 3 is 2.50 bits per heavy atom. The van der Waals surface area contributed by atoms with Crippen molar-refractivity contribution < 1.29 is 13.5 Å². The number of β-amino-alcohol motifs (C(OH)–C–C–N with tert-alkyl or cyclic N) is 1. The fraction of sp³-hybridized carbons (Fsp3) is 1.00. The van der Waals surface area contributed by atoms with Gasteiger partial charge in [-0.15, -0.1) is 0 Å². The molecule has 0 aromatic rings. The Balaban J connectivity index is 2.60. The van der Waals surface area contributed by atoms with E-state index in [1.165, 1.54) is 4.31 Å². The van der Waals surface area contributed by atoms with Gasteiger partial charge in [0.15, 0.2) is 0 Å². The first-order chi connectivity index (χ1) is 7.34. The van der Waals surface area contributed by atoms with Gasteiger partial charge in [0.2, 0.25) is 10.0 Å². The molecule has 0 bridgehead atoms. The van der Waals surface area contributed by atoms with Crippen LogP contribution in [-0.4, -0.2) is 55.9 Å². The Morgan fingerprint density at radius 2 is 2.06 bits per heavy atom. The van der Waals surface area contributed by atoms with Gasteiger partial charge >= 0.3 is 0 Å². The summed E-state index contributed by atoms with van der Waals surface area (Å²) in [4.78, 5) is 0. The van der Waals surface area contributed by atoms with Crippen LogP contribution in [0.3, 0.4) is 0 Å². The maximum atomic E-state index is 12.0. The Morgan fingerprint density at radius 1 is 1.44 bits per heavy atom. The first-order valence-corrected chi connectivity index (χ1v) is 7.30. The second kappa shape index (κ2) is 5.44. The summed E-state index contributed by atoms with van der Waals surface area (Å²) < 4.78 is 25.2. The minimum Gasteiger partial charge on any atom is -0.390 e. The third-order valence-corrected chi connectivity index (χ3v) is 4.91. The molecular formula is C10H22N2O3S. The zero-order valence-corrected chi connectivity index (χ0v) is 11.0. The summed E-state index contributed by atoms with van der Waals surface area (Å²) in [6.07, 6.45) is 0.0574. The van der Waals surface area contributed by atoms with Crippen LogP contribution < -0.4 is 5.32 Å². The highest BCUT2D eigenvalue weighted by Gasteiger charge is 2.34.